The van der Waals surface area contributed by atoms with Crippen LogP contribution in [0.1, 0.15) is 24.0 Å². The fourth-order valence-electron chi connectivity index (χ4n) is 3.66. The van der Waals surface area contributed by atoms with Crippen LogP contribution in [0.3, 0.4) is 0 Å². The van der Waals surface area contributed by atoms with Crippen molar-refractivity contribution in [1.29, 1.82) is 0 Å². The number of amides is 1. The molecule has 4 rings (SSSR count). The molecule has 1 amide bonds. The molecule has 2 heterocycles. The SMILES string of the molecule is Cc1ccc(NC(=O)C2CCCN(c3nccnc3Sc3cccc(C)c3)C2)cc1. The van der Waals surface area contributed by atoms with Gasteiger partial charge in [0, 0.05) is 36.1 Å². The van der Waals surface area contributed by atoms with Crippen molar-refractivity contribution in [2.75, 3.05) is 23.3 Å². The molecule has 30 heavy (non-hydrogen) atoms. The van der Waals surface area contributed by atoms with E-state index in [4.69, 9.17) is 0 Å². The Morgan fingerprint density at radius 1 is 1.07 bits per heavy atom. The Hall–Kier alpha value is -2.86. The lowest BCUT2D eigenvalue weighted by Gasteiger charge is -2.33. The van der Waals surface area contributed by atoms with E-state index in [0.717, 1.165) is 40.8 Å². The van der Waals surface area contributed by atoms with Gasteiger partial charge in [-0.25, -0.2) is 9.97 Å². The number of nitrogens with one attached hydrogen (secondary N) is 1. The van der Waals surface area contributed by atoms with E-state index in [1.165, 1.54) is 11.1 Å². The van der Waals surface area contributed by atoms with E-state index in [0.29, 0.717) is 6.54 Å². The van der Waals surface area contributed by atoms with Gasteiger partial charge in [0.2, 0.25) is 5.91 Å². The minimum atomic E-state index is -0.0705. The van der Waals surface area contributed by atoms with Crippen molar-refractivity contribution in [2.45, 2.75) is 36.6 Å². The molecule has 154 valence electrons. The zero-order valence-electron chi connectivity index (χ0n) is 17.3. The minimum Gasteiger partial charge on any atom is -0.354 e. The number of rotatable bonds is 5. The van der Waals surface area contributed by atoms with Crippen LogP contribution in [-0.2, 0) is 4.79 Å². The second-order valence-corrected chi connectivity index (χ2v) is 8.81. The fraction of sp³-hybridized carbons (Fsp3) is 0.292. The van der Waals surface area contributed by atoms with Crippen molar-refractivity contribution in [3.05, 3.63) is 72.1 Å². The largest absolute Gasteiger partial charge is 0.354 e. The zero-order chi connectivity index (χ0) is 20.9. The van der Waals surface area contributed by atoms with E-state index in [1.54, 1.807) is 24.2 Å². The van der Waals surface area contributed by atoms with Crippen molar-refractivity contribution >= 4 is 29.2 Å². The number of aromatic nitrogens is 2. The van der Waals surface area contributed by atoms with Crippen LogP contribution >= 0.6 is 11.8 Å². The second kappa shape index (κ2) is 9.30. The maximum atomic E-state index is 12.9. The first kappa shape index (κ1) is 20.4. The Morgan fingerprint density at radius 3 is 2.67 bits per heavy atom. The molecule has 2 aromatic carbocycles. The van der Waals surface area contributed by atoms with Gasteiger partial charge in [-0.15, -0.1) is 0 Å². The Balaban J connectivity index is 1.48. The maximum Gasteiger partial charge on any atom is 0.229 e. The summed E-state index contributed by atoms with van der Waals surface area (Å²) in [6, 6.07) is 16.3. The summed E-state index contributed by atoms with van der Waals surface area (Å²) in [5, 5.41) is 3.94. The van der Waals surface area contributed by atoms with E-state index < -0.39 is 0 Å². The molecule has 1 atom stereocenters. The first-order valence-corrected chi connectivity index (χ1v) is 11.1. The van der Waals surface area contributed by atoms with Crippen LogP contribution < -0.4 is 10.2 Å². The van der Waals surface area contributed by atoms with Crippen LogP contribution in [0.4, 0.5) is 11.5 Å². The van der Waals surface area contributed by atoms with Crippen molar-refractivity contribution < 1.29 is 4.79 Å². The predicted octanol–water partition coefficient (Wildman–Crippen LogP) is 5.10. The van der Waals surface area contributed by atoms with Gasteiger partial charge in [0.05, 0.1) is 5.92 Å². The molecule has 1 N–H and O–H groups in total. The Labute approximate surface area is 181 Å². The fourth-order valence-corrected chi connectivity index (χ4v) is 4.66. The number of carbonyl (C=O) groups is 1. The molecule has 3 aromatic rings. The van der Waals surface area contributed by atoms with Gasteiger partial charge in [0.25, 0.3) is 0 Å². The molecule has 1 fully saturated rings. The summed E-state index contributed by atoms with van der Waals surface area (Å²) < 4.78 is 0. The van der Waals surface area contributed by atoms with Crippen LogP contribution in [0.2, 0.25) is 0 Å². The first-order chi connectivity index (χ1) is 14.6. The third-order valence-corrected chi connectivity index (χ3v) is 6.23. The first-order valence-electron chi connectivity index (χ1n) is 10.3. The second-order valence-electron chi connectivity index (χ2n) is 7.74. The molecule has 6 heteroatoms. The lowest BCUT2D eigenvalue weighted by Crippen LogP contribution is -2.41. The number of benzene rings is 2. The number of hydrogen-bond acceptors (Lipinski definition) is 5. The summed E-state index contributed by atoms with van der Waals surface area (Å²) in [5.74, 6) is 0.857. The highest BCUT2D eigenvalue weighted by Gasteiger charge is 2.28. The van der Waals surface area contributed by atoms with Crippen LogP contribution in [0.5, 0.6) is 0 Å². The molecule has 0 bridgehead atoms. The van der Waals surface area contributed by atoms with Gasteiger partial charge in [-0.2, -0.15) is 0 Å². The molecular formula is C24H26N4OS. The summed E-state index contributed by atoms with van der Waals surface area (Å²) in [7, 11) is 0. The third-order valence-electron chi connectivity index (χ3n) is 5.26. The Bertz CT molecular complexity index is 1020. The van der Waals surface area contributed by atoms with Crippen LogP contribution in [0, 0.1) is 19.8 Å². The van der Waals surface area contributed by atoms with Crippen LogP contribution in [0.15, 0.2) is 70.8 Å². The summed E-state index contributed by atoms with van der Waals surface area (Å²) in [4.78, 5) is 25.4. The van der Waals surface area contributed by atoms with Crippen molar-refractivity contribution in [2.24, 2.45) is 5.92 Å². The zero-order valence-corrected chi connectivity index (χ0v) is 18.2. The van der Waals surface area contributed by atoms with E-state index in [-0.39, 0.29) is 11.8 Å². The number of piperidine rings is 1. The molecule has 1 aromatic heterocycles. The molecule has 0 spiro atoms. The smallest absolute Gasteiger partial charge is 0.229 e. The van der Waals surface area contributed by atoms with E-state index in [2.05, 4.69) is 51.4 Å². The molecule has 1 unspecified atom stereocenters. The molecule has 1 saturated heterocycles. The van der Waals surface area contributed by atoms with Crippen LogP contribution in [0.25, 0.3) is 0 Å². The van der Waals surface area contributed by atoms with Crippen molar-refractivity contribution in [3.63, 3.8) is 0 Å². The highest BCUT2D eigenvalue weighted by Crippen LogP contribution is 2.34. The number of aryl methyl sites for hydroxylation is 2. The molecule has 0 aliphatic carbocycles. The third kappa shape index (κ3) is 5.00. The van der Waals surface area contributed by atoms with Gasteiger partial charge < -0.3 is 10.2 Å². The van der Waals surface area contributed by atoms with Crippen molar-refractivity contribution in [3.8, 4) is 0 Å². The summed E-state index contributed by atoms with van der Waals surface area (Å²) in [6.45, 7) is 5.66. The lowest BCUT2D eigenvalue weighted by molar-refractivity contribution is -0.120. The minimum absolute atomic E-state index is 0.0698. The quantitative estimate of drug-likeness (QED) is 0.625. The number of carbonyl (C=O) groups excluding carboxylic acids is 1. The Morgan fingerprint density at radius 2 is 1.87 bits per heavy atom. The molecule has 0 saturated carbocycles. The molecule has 1 aliphatic rings. The summed E-state index contributed by atoms with van der Waals surface area (Å²) in [6.07, 6.45) is 5.30. The van der Waals surface area contributed by atoms with Gasteiger partial charge in [0.15, 0.2) is 5.82 Å². The number of hydrogen-bond donors (Lipinski definition) is 1. The van der Waals surface area contributed by atoms with E-state index >= 15 is 0 Å². The molecule has 1 aliphatic heterocycles. The van der Waals surface area contributed by atoms with Gasteiger partial charge >= 0.3 is 0 Å². The standard InChI is InChI=1S/C24H26N4OS/c1-17-8-10-20(11-9-17)27-23(29)19-6-4-14-28(16-19)22-24(26-13-12-25-22)30-21-7-3-5-18(2)15-21/h3,5,7-13,15,19H,4,6,14,16H2,1-2H3,(H,27,29). The van der Waals surface area contributed by atoms with Gasteiger partial charge in [0.1, 0.15) is 5.03 Å². The monoisotopic (exact) mass is 418 g/mol. The topological polar surface area (TPSA) is 58.1 Å². The summed E-state index contributed by atoms with van der Waals surface area (Å²) in [5.41, 5.74) is 3.24. The highest BCUT2D eigenvalue weighted by molar-refractivity contribution is 7.99. The molecule has 5 nitrogen and oxygen atoms in total. The predicted molar refractivity (Wildman–Crippen MR) is 122 cm³/mol. The van der Waals surface area contributed by atoms with Gasteiger partial charge in [-0.3, -0.25) is 4.79 Å². The number of anilines is 2. The number of nitrogens with zero attached hydrogens (tertiary/aromatic N) is 3. The van der Waals surface area contributed by atoms with Gasteiger partial charge in [-0.1, -0.05) is 47.2 Å². The van der Waals surface area contributed by atoms with Crippen molar-refractivity contribution in [1.82, 2.24) is 9.97 Å². The molecular weight excluding hydrogens is 392 g/mol. The Kier molecular flexibility index (Phi) is 6.33. The molecule has 0 radical (unpaired) electrons. The lowest BCUT2D eigenvalue weighted by atomic mass is 9.97. The van der Waals surface area contributed by atoms with E-state index in [1.807, 2.05) is 31.2 Å². The normalized spacial score (nSPS) is 16.3. The summed E-state index contributed by atoms with van der Waals surface area (Å²) >= 11 is 1.62. The highest BCUT2D eigenvalue weighted by atomic mass is 32.2. The van der Waals surface area contributed by atoms with Gasteiger partial charge in [-0.05, 0) is 51.0 Å². The average Bonchev–Trinajstić information content (AvgIpc) is 2.76. The van der Waals surface area contributed by atoms with E-state index in [9.17, 15) is 4.79 Å². The maximum absolute atomic E-state index is 12.9. The van der Waals surface area contributed by atoms with Crippen LogP contribution in [-0.4, -0.2) is 29.0 Å². The average molecular weight is 419 g/mol.